The van der Waals surface area contributed by atoms with E-state index in [4.69, 9.17) is 33.3 Å². The Bertz CT molecular complexity index is 949. The zero-order valence-corrected chi connectivity index (χ0v) is 19.0. The predicted molar refractivity (Wildman–Crippen MR) is 124 cm³/mol. The third-order valence-electron chi connectivity index (χ3n) is 3.70. The second-order valence-electron chi connectivity index (χ2n) is 5.46. The Labute approximate surface area is 186 Å². The molecule has 0 radical (unpaired) electrons. The van der Waals surface area contributed by atoms with Crippen molar-refractivity contribution in [1.82, 2.24) is 0 Å². The normalized spacial score (nSPS) is 15.6. The van der Waals surface area contributed by atoms with Crippen molar-refractivity contribution in [3.63, 3.8) is 0 Å². The largest absolute Gasteiger partial charge is 0.493 e. The van der Waals surface area contributed by atoms with E-state index < -0.39 is 0 Å². The highest BCUT2D eigenvalue weighted by atomic mass is 127. The van der Waals surface area contributed by atoms with Crippen LogP contribution in [0.3, 0.4) is 0 Å². The monoisotopic (exact) mass is 531 g/mol. The molecule has 0 aromatic heterocycles. The molecule has 0 saturated carbocycles. The molecule has 27 heavy (non-hydrogen) atoms. The first-order chi connectivity index (χ1) is 12.9. The summed E-state index contributed by atoms with van der Waals surface area (Å²) in [6, 6.07) is 10.9. The standard InChI is InChI=1S/C19H15ClINO3S2/c1-3-25-17-14(21)7-11(8-15(17)24-2)9-16-18(23)22(19(26)27-16)13-6-4-5-12(20)10-13/h4-10H,3H2,1-2H3/b16-9-. The molecule has 0 atom stereocenters. The van der Waals surface area contributed by atoms with E-state index in [0.29, 0.717) is 38.0 Å². The summed E-state index contributed by atoms with van der Waals surface area (Å²) in [6.07, 6.45) is 1.81. The number of benzene rings is 2. The fourth-order valence-corrected chi connectivity index (χ4v) is 4.83. The van der Waals surface area contributed by atoms with Crippen molar-refractivity contribution in [1.29, 1.82) is 0 Å². The van der Waals surface area contributed by atoms with Gasteiger partial charge >= 0.3 is 0 Å². The van der Waals surface area contributed by atoms with Gasteiger partial charge in [-0.25, -0.2) is 0 Å². The topological polar surface area (TPSA) is 38.8 Å². The van der Waals surface area contributed by atoms with Crippen LogP contribution in [0.5, 0.6) is 11.5 Å². The fourth-order valence-electron chi connectivity index (χ4n) is 2.56. The molecule has 1 fully saturated rings. The van der Waals surface area contributed by atoms with Gasteiger partial charge in [0, 0.05) is 5.02 Å². The predicted octanol–water partition coefficient (Wildman–Crippen LogP) is 5.76. The summed E-state index contributed by atoms with van der Waals surface area (Å²) in [5.41, 5.74) is 1.50. The Morgan fingerprint density at radius 1 is 1.33 bits per heavy atom. The van der Waals surface area contributed by atoms with Gasteiger partial charge < -0.3 is 9.47 Å². The highest BCUT2D eigenvalue weighted by Gasteiger charge is 2.33. The number of nitrogens with zero attached hydrogens (tertiary/aromatic N) is 1. The Morgan fingerprint density at radius 2 is 2.11 bits per heavy atom. The van der Waals surface area contributed by atoms with Crippen LogP contribution in [0, 0.1) is 3.57 Å². The number of carbonyl (C=O) groups excluding carboxylic acids is 1. The third-order valence-corrected chi connectivity index (χ3v) is 6.04. The molecule has 0 unspecified atom stereocenters. The molecule has 8 heteroatoms. The average molecular weight is 532 g/mol. The number of thiocarbonyl (C=S) groups is 1. The van der Waals surface area contributed by atoms with Crippen LogP contribution in [-0.4, -0.2) is 23.9 Å². The van der Waals surface area contributed by atoms with Crippen LogP contribution in [-0.2, 0) is 4.79 Å². The van der Waals surface area contributed by atoms with E-state index in [1.807, 2.05) is 31.2 Å². The minimum absolute atomic E-state index is 0.171. The summed E-state index contributed by atoms with van der Waals surface area (Å²) in [6.45, 7) is 2.47. The lowest BCUT2D eigenvalue weighted by Crippen LogP contribution is -2.27. The maximum atomic E-state index is 12.9. The number of rotatable bonds is 5. The minimum atomic E-state index is -0.171. The molecule has 4 nitrogen and oxygen atoms in total. The van der Waals surface area contributed by atoms with Crippen LogP contribution in [0.25, 0.3) is 6.08 Å². The smallest absolute Gasteiger partial charge is 0.270 e. The lowest BCUT2D eigenvalue weighted by molar-refractivity contribution is -0.113. The molecule has 1 aliphatic heterocycles. The number of amides is 1. The molecular weight excluding hydrogens is 517 g/mol. The van der Waals surface area contributed by atoms with Gasteiger partial charge in [0.15, 0.2) is 15.8 Å². The second kappa shape index (κ2) is 8.81. The van der Waals surface area contributed by atoms with E-state index >= 15 is 0 Å². The number of thioether (sulfide) groups is 1. The molecule has 2 aromatic carbocycles. The molecule has 1 heterocycles. The van der Waals surface area contributed by atoms with Gasteiger partial charge in [-0.2, -0.15) is 0 Å². The van der Waals surface area contributed by atoms with E-state index in [1.54, 1.807) is 25.3 Å². The van der Waals surface area contributed by atoms with Crippen molar-refractivity contribution < 1.29 is 14.3 Å². The maximum absolute atomic E-state index is 12.9. The number of methoxy groups -OCH3 is 1. The van der Waals surface area contributed by atoms with Crippen LogP contribution >= 0.6 is 58.2 Å². The van der Waals surface area contributed by atoms with Crippen LogP contribution < -0.4 is 14.4 Å². The van der Waals surface area contributed by atoms with Gasteiger partial charge in [-0.15, -0.1) is 0 Å². The summed E-state index contributed by atoms with van der Waals surface area (Å²) >= 11 is 14.9. The van der Waals surface area contributed by atoms with Gasteiger partial charge in [0.25, 0.3) is 5.91 Å². The Morgan fingerprint density at radius 3 is 2.78 bits per heavy atom. The average Bonchev–Trinajstić information content (AvgIpc) is 2.90. The fraction of sp³-hybridized carbons (Fsp3) is 0.158. The summed E-state index contributed by atoms with van der Waals surface area (Å²) in [5, 5.41) is 0.552. The quantitative estimate of drug-likeness (QED) is 0.279. The summed E-state index contributed by atoms with van der Waals surface area (Å²) in [4.78, 5) is 14.9. The van der Waals surface area contributed by atoms with Crippen LogP contribution in [0.4, 0.5) is 5.69 Å². The van der Waals surface area contributed by atoms with E-state index in [0.717, 1.165) is 9.13 Å². The highest BCUT2D eigenvalue weighted by molar-refractivity contribution is 14.1. The van der Waals surface area contributed by atoms with Crippen molar-refractivity contribution in [2.75, 3.05) is 18.6 Å². The third kappa shape index (κ3) is 4.42. The molecule has 0 N–H and O–H groups in total. The summed E-state index contributed by atoms with van der Waals surface area (Å²) < 4.78 is 12.5. The molecule has 2 aromatic rings. The van der Waals surface area contributed by atoms with E-state index in [1.165, 1.54) is 16.7 Å². The first-order valence-electron chi connectivity index (χ1n) is 7.98. The molecule has 140 valence electrons. The zero-order chi connectivity index (χ0) is 19.6. The lowest BCUT2D eigenvalue weighted by Gasteiger charge is -2.14. The SMILES string of the molecule is CCOc1c(I)cc(/C=C2\SC(=S)N(c3cccc(Cl)c3)C2=O)cc1OC. The molecule has 0 spiro atoms. The molecule has 1 amide bonds. The van der Waals surface area contributed by atoms with E-state index in [9.17, 15) is 4.79 Å². The van der Waals surface area contributed by atoms with Gasteiger partial charge in [0.05, 0.1) is 27.9 Å². The van der Waals surface area contributed by atoms with Gasteiger partial charge in [-0.05, 0) is 71.5 Å². The van der Waals surface area contributed by atoms with E-state index in [-0.39, 0.29) is 5.91 Å². The van der Waals surface area contributed by atoms with Crippen molar-refractivity contribution in [2.24, 2.45) is 0 Å². The number of hydrogen-bond acceptors (Lipinski definition) is 5. The molecule has 1 saturated heterocycles. The minimum Gasteiger partial charge on any atom is -0.493 e. The van der Waals surface area contributed by atoms with E-state index in [2.05, 4.69) is 22.6 Å². The van der Waals surface area contributed by atoms with Crippen molar-refractivity contribution in [3.8, 4) is 11.5 Å². The Kier molecular flexibility index (Phi) is 6.67. The first kappa shape index (κ1) is 20.4. The first-order valence-corrected chi connectivity index (χ1v) is 10.7. The number of hydrogen-bond donors (Lipinski definition) is 0. The van der Waals surface area contributed by atoms with Crippen LogP contribution in [0.15, 0.2) is 41.3 Å². The summed E-state index contributed by atoms with van der Waals surface area (Å²) in [5.74, 6) is 1.15. The Balaban J connectivity index is 1.95. The number of halogens is 2. The van der Waals surface area contributed by atoms with Gasteiger partial charge in [0.1, 0.15) is 0 Å². The summed E-state index contributed by atoms with van der Waals surface area (Å²) in [7, 11) is 1.59. The van der Waals surface area contributed by atoms with Crippen molar-refractivity contribution >= 4 is 80.2 Å². The number of ether oxygens (including phenoxy) is 2. The molecular formula is C19H15ClINO3S2. The van der Waals surface area contributed by atoms with Crippen molar-refractivity contribution in [2.45, 2.75) is 6.92 Å². The van der Waals surface area contributed by atoms with Crippen molar-refractivity contribution in [3.05, 3.63) is 55.5 Å². The zero-order valence-electron chi connectivity index (χ0n) is 14.5. The van der Waals surface area contributed by atoms with Gasteiger partial charge in [-0.3, -0.25) is 9.69 Å². The lowest BCUT2D eigenvalue weighted by atomic mass is 10.2. The molecule has 0 bridgehead atoms. The molecule has 1 aliphatic rings. The van der Waals surface area contributed by atoms with Gasteiger partial charge in [0.2, 0.25) is 0 Å². The number of anilines is 1. The van der Waals surface area contributed by atoms with Crippen LogP contribution in [0.2, 0.25) is 5.02 Å². The maximum Gasteiger partial charge on any atom is 0.270 e. The molecule has 3 rings (SSSR count). The van der Waals surface area contributed by atoms with Crippen LogP contribution in [0.1, 0.15) is 12.5 Å². The number of carbonyl (C=O) groups is 1. The Hall–Kier alpha value is -1.29. The van der Waals surface area contributed by atoms with Gasteiger partial charge in [-0.1, -0.05) is 41.6 Å². The highest BCUT2D eigenvalue weighted by Crippen LogP contribution is 2.39. The second-order valence-corrected chi connectivity index (χ2v) is 8.74. The molecule has 0 aliphatic carbocycles.